The molecule has 0 spiro atoms. The van der Waals surface area contributed by atoms with E-state index >= 15 is 0 Å². The fourth-order valence-corrected chi connectivity index (χ4v) is 2.03. The molecule has 1 aliphatic rings. The number of quaternary nitrogens is 1. The zero-order chi connectivity index (χ0) is 19.1. The zero-order valence-corrected chi connectivity index (χ0v) is 13.1. The van der Waals surface area contributed by atoms with E-state index < -0.39 is 37.6 Å². The van der Waals surface area contributed by atoms with Gasteiger partial charge in [0.15, 0.2) is 0 Å². The average molecular weight is 357 g/mol. The van der Waals surface area contributed by atoms with E-state index in [2.05, 4.69) is 5.32 Å². The van der Waals surface area contributed by atoms with Crippen molar-refractivity contribution < 1.29 is 30.0 Å². The van der Waals surface area contributed by atoms with Crippen molar-refractivity contribution in [2.24, 2.45) is 0 Å². The molecule has 1 aliphatic heterocycles. The number of non-ortho nitro benzene ring substituents is 1. The van der Waals surface area contributed by atoms with Gasteiger partial charge < -0.3 is 15.3 Å². The Balaban J connectivity index is 0.000000293. The fraction of sp³-hybridized carbons (Fsp3) is 0.417. The number of rotatable bonds is 3. The SMILES string of the molecule is CC(=O)N1CC[NH2+]CC1.O=[N+]([O-])c1cc([N+](=O)[O-])c([O-])c([N+](=O)[O-])c1. The van der Waals surface area contributed by atoms with Crippen molar-refractivity contribution in [1.29, 1.82) is 0 Å². The number of carbonyl (C=O) groups is 1. The predicted octanol–water partition coefficient (Wildman–Crippen LogP) is -1.10. The van der Waals surface area contributed by atoms with Crippen LogP contribution in [0.4, 0.5) is 17.1 Å². The van der Waals surface area contributed by atoms with Gasteiger partial charge in [-0.05, 0) is 0 Å². The fourth-order valence-electron chi connectivity index (χ4n) is 2.03. The molecule has 0 radical (unpaired) electrons. The molecule has 0 unspecified atom stereocenters. The summed E-state index contributed by atoms with van der Waals surface area (Å²) in [4.78, 5) is 40.1. The molecule has 13 heteroatoms. The second-order valence-electron chi connectivity index (χ2n) is 4.96. The lowest BCUT2D eigenvalue weighted by atomic mass is 10.2. The van der Waals surface area contributed by atoms with E-state index in [9.17, 15) is 40.2 Å². The van der Waals surface area contributed by atoms with Gasteiger partial charge in [0.1, 0.15) is 0 Å². The van der Waals surface area contributed by atoms with E-state index in [-0.39, 0.29) is 5.91 Å². The van der Waals surface area contributed by atoms with Crippen molar-refractivity contribution in [3.63, 3.8) is 0 Å². The van der Waals surface area contributed by atoms with Crippen molar-refractivity contribution in [2.45, 2.75) is 6.92 Å². The van der Waals surface area contributed by atoms with Gasteiger partial charge in [-0.25, -0.2) is 0 Å². The van der Waals surface area contributed by atoms with E-state index in [1.807, 2.05) is 4.90 Å². The van der Waals surface area contributed by atoms with Crippen LogP contribution in [-0.4, -0.2) is 51.8 Å². The number of benzene rings is 1. The van der Waals surface area contributed by atoms with E-state index in [1.54, 1.807) is 6.92 Å². The highest BCUT2D eigenvalue weighted by molar-refractivity contribution is 5.73. The molecule has 1 fully saturated rings. The quantitative estimate of drug-likeness (QED) is 0.520. The van der Waals surface area contributed by atoms with Crippen LogP contribution in [0.3, 0.4) is 0 Å². The lowest BCUT2D eigenvalue weighted by Gasteiger charge is -2.23. The Morgan fingerprint density at radius 3 is 1.72 bits per heavy atom. The maximum Gasteiger partial charge on any atom is 0.283 e. The molecule has 1 heterocycles. The molecule has 0 bridgehead atoms. The lowest BCUT2D eigenvalue weighted by Crippen LogP contribution is -2.89. The van der Waals surface area contributed by atoms with Gasteiger partial charge in [0.05, 0.1) is 58.8 Å². The van der Waals surface area contributed by atoms with Gasteiger partial charge in [-0.2, -0.15) is 0 Å². The zero-order valence-electron chi connectivity index (χ0n) is 13.1. The topological polar surface area (TPSA) is 189 Å². The van der Waals surface area contributed by atoms with Crippen LogP contribution < -0.4 is 10.4 Å². The summed E-state index contributed by atoms with van der Waals surface area (Å²) in [7, 11) is 0. The van der Waals surface area contributed by atoms with Gasteiger partial charge in [0.2, 0.25) is 5.91 Å². The van der Waals surface area contributed by atoms with Crippen LogP contribution >= 0.6 is 0 Å². The van der Waals surface area contributed by atoms with Crippen LogP contribution in [0, 0.1) is 30.3 Å². The third kappa shape index (κ3) is 5.35. The molecule has 1 saturated heterocycles. The molecule has 25 heavy (non-hydrogen) atoms. The van der Waals surface area contributed by atoms with Crippen molar-refractivity contribution in [3.05, 3.63) is 42.5 Å². The molecule has 2 rings (SSSR count). The van der Waals surface area contributed by atoms with E-state index in [0.29, 0.717) is 12.1 Å². The van der Waals surface area contributed by atoms with Crippen molar-refractivity contribution >= 4 is 23.0 Å². The molecular formula is C12H15N5O8. The summed E-state index contributed by atoms with van der Waals surface area (Å²) in [5, 5.41) is 44.3. The van der Waals surface area contributed by atoms with Gasteiger partial charge in [-0.3, -0.25) is 35.1 Å². The average Bonchev–Trinajstić information content (AvgIpc) is 2.55. The number of nitrogens with two attached hydrogens (primary N) is 1. The highest BCUT2D eigenvalue weighted by atomic mass is 16.6. The highest BCUT2D eigenvalue weighted by Crippen LogP contribution is 2.36. The molecule has 1 aromatic rings. The molecule has 0 aliphatic carbocycles. The molecule has 0 aromatic heterocycles. The number of amides is 1. The Hall–Kier alpha value is -3.35. The van der Waals surface area contributed by atoms with Crippen LogP contribution in [0.25, 0.3) is 0 Å². The van der Waals surface area contributed by atoms with Crippen molar-refractivity contribution in [1.82, 2.24) is 4.90 Å². The summed E-state index contributed by atoms with van der Waals surface area (Å²) < 4.78 is 0. The number of nitro benzene ring substituents is 3. The number of nitro groups is 3. The second kappa shape index (κ2) is 8.49. The Bertz CT molecular complexity index is 666. The molecule has 1 amide bonds. The Kier molecular flexibility index (Phi) is 6.69. The molecule has 0 saturated carbocycles. The van der Waals surface area contributed by atoms with Crippen LogP contribution in [0.2, 0.25) is 0 Å². The Morgan fingerprint density at radius 1 is 1.00 bits per heavy atom. The first-order valence-electron chi connectivity index (χ1n) is 7.00. The summed E-state index contributed by atoms with van der Waals surface area (Å²) >= 11 is 0. The van der Waals surface area contributed by atoms with Crippen molar-refractivity contribution in [3.8, 4) is 5.75 Å². The van der Waals surface area contributed by atoms with Crippen LogP contribution in [-0.2, 0) is 4.79 Å². The normalized spacial score (nSPS) is 13.4. The van der Waals surface area contributed by atoms with Crippen LogP contribution in [0.15, 0.2) is 12.1 Å². The van der Waals surface area contributed by atoms with E-state index in [4.69, 9.17) is 0 Å². The molecule has 2 N–H and O–H groups in total. The maximum atomic E-state index is 11.1. The first-order valence-corrected chi connectivity index (χ1v) is 7.00. The number of hydrogen-bond donors (Lipinski definition) is 1. The first-order chi connectivity index (χ1) is 11.6. The second-order valence-corrected chi connectivity index (χ2v) is 4.96. The standard InChI is InChI=1S/C6H3N3O7.C6H12N2O/c10-6-4(8(13)14)1-3(7(11)12)2-5(6)9(15)16;1-6(9)8-4-2-7-3-5-8/h1-2,10H;7H,2-5H2,1H3. The summed E-state index contributed by atoms with van der Waals surface area (Å²) in [6.07, 6.45) is 0. The molecule has 13 nitrogen and oxygen atoms in total. The minimum Gasteiger partial charge on any atom is -0.863 e. The minimum absolute atomic E-state index is 0.211. The van der Waals surface area contributed by atoms with Crippen LogP contribution in [0.5, 0.6) is 5.75 Å². The first kappa shape index (κ1) is 19.7. The van der Waals surface area contributed by atoms with Crippen LogP contribution in [0.1, 0.15) is 6.92 Å². The lowest BCUT2D eigenvalue weighted by molar-refractivity contribution is -0.662. The van der Waals surface area contributed by atoms with E-state index in [0.717, 1.165) is 26.2 Å². The minimum atomic E-state index is -1.46. The van der Waals surface area contributed by atoms with Gasteiger partial charge in [-0.15, -0.1) is 0 Å². The summed E-state index contributed by atoms with van der Waals surface area (Å²) in [5.74, 6) is -1.25. The van der Waals surface area contributed by atoms with Gasteiger partial charge in [0.25, 0.3) is 17.1 Å². The van der Waals surface area contributed by atoms with Gasteiger partial charge >= 0.3 is 0 Å². The number of nitrogens with zero attached hydrogens (tertiary/aromatic N) is 4. The highest BCUT2D eigenvalue weighted by Gasteiger charge is 2.24. The summed E-state index contributed by atoms with van der Waals surface area (Å²) in [5.41, 5.74) is -3.26. The third-order valence-corrected chi connectivity index (χ3v) is 3.29. The van der Waals surface area contributed by atoms with Crippen molar-refractivity contribution in [2.75, 3.05) is 26.2 Å². The Morgan fingerprint density at radius 2 is 1.44 bits per heavy atom. The maximum absolute atomic E-state index is 11.1. The number of hydrogen-bond acceptors (Lipinski definition) is 8. The molecule has 0 atom stereocenters. The van der Waals surface area contributed by atoms with Gasteiger partial charge in [-0.1, -0.05) is 0 Å². The van der Waals surface area contributed by atoms with Gasteiger partial charge in [0, 0.05) is 6.92 Å². The molecule has 136 valence electrons. The smallest absolute Gasteiger partial charge is 0.283 e. The van der Waals surface area contributed by atoms with E-state index in [1.165, 1.54) is 0 Å². The largest absolute Gasteiger partial charge is 0.863 e. The monoisotopic (exact) mass is 357 g/mol. The number of piperazine rings is 1. The third-order valence-electron chi connectivity index (χ3n) is 3.29. The Labute approximate surface area is 140 Å². The predicted molar refractivity (Wildman–Crippen MR) is 79.8 cm³/mol. The number of carbonyl (C=O) groups excluding carboxylic acids is 1. The summed E-state index contributed by atoms with van der Waals surface area (Å²) in [6.45, 7) is 5.62. The summed E-state index contributed by atoms with van der Waals surface area (Å²) in [6, 6.07) is 0.769. The molecule has 1 aromatic carbocycles. The molecular weight excluding hydrogens is 342 g/mol.